The first-order chi connectivity index (χ1) is 13.1. The Kier molecular flexibility index (Phi) is 6.07. The molecule has 3 aromatic heterocycles. The van der Waals surface area contributed by atoms with Gasteiger partial charge in [0.25, 0.3) is 5.91 Å². The van der Waals surface area contributed by atoms with Crippen molar-refractivity contribution in [3.05, 3.63) is 40.2 Å². The first-order valence-corrected chi connectivity index (χ1v) is 9.56. The molecule has 2 N–H and O–H groups in total. The van der Waals surface area contributed by atoms with Gasteiger partial charge in [0.2, 0.25) is 0 Å². The van der Waals surface area contributed by atoms with Crippen LogP contribution in [0.2, 0.25) is 0 Å². The Morgan fingerprint density at radius 2 is 2.04 bits per heavy atom. The fraction of sp³-hybridized carbons (Fsp3) is 0.412. The Balaban J connectivity index is 1.48. The Labute approximate surface area is 161 Å². The first kappa shape index (κ1) is 18.9. The summed E-state index contributed by atoms with van der Waals surface area (Å²) in [6.07, 6.45) is 1.69. The van der Waals surface area contributed by atoms with Crippen LogP contribution in [-0.2, 0) is 6.42 Å². The number of hydrogen-bond donors (Lipinski definition) is 2. The number of amides is 1. The molecule has 0 aliphatic rings. The Hall–Kier alpha value is -2.88. The van der Waals surface area contributed by atoms with Crippen molar-refractivity contribution in [2.45, 2.75) is 33.6 Å². The molecule has 0 saturated heterocycles. The molecule has 142 valence electrons. The average Bonchev–Trinajstić information content (AvgIpc) is 3.25. The zero-order chi connectivity index (χ0) is 19.2. The summed E-state index contributed by atoms with van der Waals surface area (Å²) in [5, 5.41) is 22.8. The minimum Gasteiger partial charge on any atom is -0.367 e. The summed E-state index contributed by atoms with van der Waals surface area (Å²) in [6.45, 7) is 6.96. The van der Waals surface area contributed by atoms with Gasteiger partial charge in [0, 0.05) is 18.8 Å². The zero-order valence-electron chi connectivity index (χ0n) is 15.6. The van der Waals surface area contributed by atoms with E-state index in [9.17, 15) is 4.79 Å². The van der Waals surface area contributed by atoms with E-state index in [1.807, 2.05) is 39.0 Å². The highest BCUT2D eigenvalue weighted by Gasteiger charge is 2.14. The quantitative estimate of drug-likeness (QED) is 0.569. The van der Waals surface area contributed by atoms with E-state index >= 15 is 0 Å². The fourth-order valence-electron chi connectivity index (χ4n) is 2.62. The van der Waals surface area contributed by atoms with E-state index in [-0.39, 0.29) is 5.91 Å². The highest BCUT2D eigenvalue weighted by atomic mass is 32.1. The smallest absolute Gasteiger partial charge is 0.265 e. The molecule has 0 aliphatic heterocycles. The number of carbonyl (C=O) groups excluding carboxylic acids is 1. The van der Waals surface area contributed by atoms with Crippen LogP contribution in [0.15, 0.2) is 18.2 Å². The highest BCUT2D eigenvalue weighted by Crippen LogP contribution is 2.12. The molecule has 0 radical (unpaired) electrons. The summed E-state index contributed by atoms with van der Waals surface area (Å²) < 4.78 is 5.62. The van der Waals surface area contributed by atoms with Gasteiger partial charge >= 0.3 is 0 Å². The molecule has 0 spiro atoms. The number of rotatable bonds is 8. The third-order valence-corrected chi connectivity index (χ3v) is 4.61. The van der Waals surface area contributed by atoms with Gasteiger partial charge in [-0.05, 0) is 50.0 Å². The molecule has 10 heteroatoms. The maximum Gasteiger partial charge on any atom is 0.265 e. The van der Waals surface area contributed by atoms with Gasteiger partial charge in [-0.2, -0.15) is 5.10 Å². The Morgan fingerprint density at radius 1 is 1.19 bits per heavy atom. The van der Waals surface area contributed by atoms with Gasteiger partial charge in [-0.3, -0.25) is 4.79 Å². The van der Waals surface area contributed by atoms with Gasteiger partial charge in [-0.25, -0.2) is 4.68 Å². The van der Waals surface area contributed by atoms with E-state index in [2.05, 4.69) is 35.5 Å². The van der Waals surface area contributed by atoms with Gasteiger partial charge in [0.15, 0.2) is 5.82 Å². The monoisotopic (exact) mass is 386 g/mol. The zero-order valence-corrected chi connectivity index (χ0v) is 16.4. The lowest BCUT2D eigenvalue weighted by molar-refractivity contribution is 0.0958. The maximum atomic E-state index is 12.2. The van der Waals surface area contributed by atoms with E-state index in [0.29, 0.717) is 29.6 Å². The summed E-state index contributed by atoms with van der Waals surface area (Å²) in [4.78, 5) is 12.8. The van der Waals surface area contributed by atoms with E-state index in [1.54, 1.807) is 4.68 Å². The summed E-state index contributed by atoms with van der Waals surface area (Å²) in [5.41, 5.74) is 2.70. The third-order valence-electron chi connectivity index (χ3n) is 3.84. The normalized spacial score (nSPS) is 10.8. The second kappa shape index (κ2) is 8.67. The predicted molar refractivity (Wildman–Crippen MR) is 103 cm³/mol. The first-order valence-electron chi connectivity index (χ1n) is 8.79. The van der Waals surface area contributed by atoms with Crippen molar-refractivity contribution in [2.24, 2.45) is 0 Å². The molecule has 0 saturated carbocycles. The molecule has 9 nitrogen and oxygen atoms in total. The topological polar surface area (TPSA) is 111 Å². The summed E-state index contributed by atoms with van der Waals surface area (Å²) in [5.74, 6) is 1.17. The van der Waals surface area contributed by atoms with Crippen molar-refractivity contribution in [2.75, 3.05) is 18.4 Å². The van der Waals surface area contributed by atoms with Crippen LogP contribution in [-0.4, -0.2) is 48.6 Å². The highest BCUT2D eigenvalue weighted by molar-refractivity contribution is 7.08. The van der Waals surface area contributed by atoms with Gasteiger partial charge in [-0.1, -0.05) is 17.8 Å². The lowest BCUT2D eigenvalue weighted by Crippen LogP contribution is -2.29. The van der Waals surface area contributed by atoms with Crippen molar-refractivity contribution in [1.82, 2.24) is 34.9 Å². The van der Waals surface area contributed by atoms with Crippen molar-refractivity contribution in [1.29, 1.82) is 0 Å². The molecule has 3 rings (SSSR count). The maximum absolute atomic E-state index is 12.2. The molecule has 1 amide bonds. The number of hydrogen-bond acceptors (Lipinski definition) is 8. The molecule has 3 aromatic rings. The van der Waals surface area contributed by atoms with Crippen LogP contribution in [0, 0.1) is 13.8 Å². The molecule has 0 fully saturated rings. The van der Waals surface area contributed by atoms with E-state index in [4.69, 9.17) is 0 Å². The molecule has 0 aliphatic carbocycles. The molecular weight excluding hydrogens is 364 g/mol. The fourth-order valence-corrected chi connectivity index (χ4v) is 3.25. The van der Waals surface area contributed by atoms with Crippen LogP contribution in [0.5, 0.6) is 0 Å². The van der Waals surface area contributed by atoms with Gasteiger partial charge in [-0.15, -0.1) is 15.3 Å². The number of nitrogens with one attached hydrogen (secondary N) is 2. The molecule has 3 heterocycles. The minimum absolute atomic E-state index is 0.138. The van der Waals surface area contributed by atoms with Gasteiger partial charge in [0.1, 0.15) is 10.7 Å². The van der Waals surface area contributed by atoms with Crippen molar-refractivity contribution in [3.63, 3.8) is 0 Å². The summed E-state index contributed by atoms with van der Waals surface area (Å²) in [6, 6.07) is 5.68. The third kappa shape index (κ3) is 4.64. The van der Waals surface area contributed by atoms with Crippen LogP contribution in [0.25, 0.3) is 5.82 Å². The Bertz CT molecular complexity index is 902. The van der Waals surface area contributed by atoms with Crippen LogP contribution in [0.1, 0.15) is 40.1 Å². The molecule has 27 heavy (non-hydrogen) atoms. The van der Waals surface area contributed by atoms with Crippen LogP contribution >= 0.6 is 11.5 Å². The van der Waals surface area contributed by atoms with Gasteiger partial charge < -0.3 is 10.6 Å². The second-order valence-electron chi connectivity index (χ2n) is 6.10. The number of aryl methyl sites for hydroxylation is 3. The van der Waals surface area contributed by atoms with Crippen molar-refractivity contribution < 1.29 is 4.79 Å². The lowest BCUT2D eigenvalue weighted by atomic mass is 10.2. The number of carbonyl (C=O) groups is 1. The largest absolute Gasteiger partial charge is 0.367 e. The molecular formula is C17H22N8OS. The standard InChI is InChI=1S/C17H22N8OS/c1-4-5-13-16(27-24-20-13)17(26)19-9-8-18-14-6-7-15(22-21-14)25-12(3)10-11(2)23-25/h6-7,10H,4-5,8-9H2,1-3H3,(H,18,21)(H,19,26). The second-order valence-corrected chi connectivity index (χ2v) is 6.85. The summed E-state index contributed by atoms with van der Waals surface area (Å²) in [7, 11) is 0. The molecule has 0 bridgehead atoms. The molecule has 0 unspecified atom stereocenters. The molecule has 0 aromatic carbocycles. The lowest BCUT2D eigenvalue weighted by Gasteiger charge is -2.07. The van der Waals surface area contributed by atoms with E-state index in [0.717, 1.165) is 41.5 Å². The van der Waals surface area contributed by atoms with Gasteiger partial charge in [0.05, 0.1) is 11.4 Å². The van der Waals surface area contributed by atoms with Crippen LogP contribution in [0.3, 0.4) is 0 Å². The molecule has 0 atom stereocenters. The SMILES string of the molecule is CCCc1nnsc1C(=O)NCCNc1ccc(-n2nc(C)cc2C)nn1. The minimum atomic E-state index is -0.138. The number of anilines is 1. The van der Waals surface area contributed by atoms with Crippen LogP contribution in [0.4, 0.5) is 5.82 Å². The van der Waals surface area contributed by atoms with E-state index in [1.165, 1.54) is 0 Å². The number of nitrogens with zero attached hydrogens (tertiary/aromatic N) is 6. The van der Waals surface area contributed by atoms with Crippen LogP contribution < -0.4 is 10.6 Å². The number of aromatic nitrogens is 6. The predicted octanol–water partition coefficient (Wildman–Crippen LogP) is 1.93. The average molecular weight is 386 g/mol. The Morgan fingerprint density at radius 3 is 2.70 bits per heavy atom. The summed E-state index contributed by atoms with van der Waals surface area (Å²) >= 11 is 1.13. The van der Waals surface area contributed by atoms with Crippen molar-refractivity contribution >= 4 is 23.3 Å². The van der Waals surface area contributed by atoms with Crippen molar-refractivity contribution in [3.8, 4) is 5.82 Å². The van der Waals surface area contributed by atoms with E-state index < -0.39 is 0 Å².